The SMILES string of the molecule is CC(C)CN(CC(C)C)S(=O)(=O)c1ccc(NCC(O)CO)cc1. The Kier molecular flexibility index (Phi) is 8.15. The Balaban J connectivity index is 2.91. The van der Waals surface area contributed by atoms with Crippen molar-refractivity contribution in [2.75, 3.05) is 31.6 Å². The number of aliphatic hydroxyl groups is 2. The van der Waals surface area contributed by atoms with Crippen LogP contribution in [0.15, 0.2) is 29.2 Å². The van der Waals surface area contributed by atoms with Crippen molar-refractivity contribution in [3.63, 3.8) is 0 Å². The highest BCUT2D eigenvalue weighted by molar-refractivity contribution is 7.89. The Morgan fingerprint density at radius 1 is 1.04 bits per heavy atom. The van der Waals surface area contributed by atoms with E-state index in [1.54, 1.807) is 28.6 Å². The largest absolute Gasteiger partial charge is 0.394 e. The fraction of sp³-hybridized carbons (Fsp3) is 0.647. The molecular weight excluding hydrogens is 328 g/mol. The van der Waals surface area contributed by atoms with Gasteiger partial charge < -0.3 is 15.5 Å². The zero-order chi connectivity index (χ0) is 18.3. The maximum Gasteiger partial charge on any atom is 0.243 e. The lowest BCUT2D eigenvalue weighted by Gasteiger charge is -2.25. The molecule has 0 spiro atoms. The molecule has 0 radical (unpaired) electrons. The number of rotatable bonds is 10. The molecule has 1 aromatic carbocycles. The van der Waals surface area contributed by atoms with Gasteiger partial charge in [-0.1, -0.05) is 27.7 Å². The minimum absolute atomic E-state index is 0.204. The average molecular weight is 359 g/mol. The van der Waals surface area contributed by atoms with E-state index >= 15 is 0 Å². The second-order valence-electron chi connectivity index (χ2n) is 6.85. The van der Waals surface area contributed by atoms with Gasteiger partial charge >= 0.3 is 0 Å². The Morgan fingerprint density at radius 3 is 1.96 bits per heavy atom. The zero-order valence-electron chi connectivity index (χ0n) is 14.9. The van der Waals surface area contributed by atoms with E-state index in [2.05, 4.69) is 5.32 Å². The summed E-state index contributed by atoms with van der Waals surface area (Å²) >= 11 is 0. The summed E-state index contributed by atoms with van der Waals surface area (Å²) in [5.74, 6) is 0.499. The summed E-state index contributed by atoms with van der Waals surface area (Å²) in [4.78, 5) is 0.261. The molecule has 1 unspecified atom stereocenters. The van der Waals surface area contributed by atoms with Crippen LogP contribution in [0.2, 0.25) is 0 Å². The van der Waals surface area contributed by atoms with E-state index < -0.39 is 16.1 Å². The topological polar surface area (TPSA) is 89.9 Å². The van der Waals surface area contributed by atoms with Crippen LogP contribution in [-0.4, -0.2) is 55.3 Å². The van der Waals surface area contributed by atoms with Crippen LogP contribution in [0.1, 0.15) is 27.7 Å². The molecule has 3 N–H and O–H groups in total. The van der Waals surface area contributed by atoms with Gasteiger partial charge in [0.05, 0.1) is 17.6 Å². The van der Waals surface area contributed by atoms with Gasteiger partial charge in [0.2, 0.25) is 10.0 Å². The molecule has 0 bridgehead atoms. The zero-order valence-corrected chi connectivity index (χ0v) is 15.8. The number of hydrogen-bond donors (Lipinski definition) is 3. The smallest absolute Gasteiger partial charge is 0.243 e. The summed E-state index contributed by atoms with van der Waals surface area (Å²) < 4.78 is 27.3. The third kappa shape index (κ3) is 6.39. The van der Waals surface area contributed by atoms with Crippen molar-refractivity contribution in [1.29, 1.82) is 0 Å². The van der Waals surface area contributed by atoms with Crippen LogP contribution in [-0.2, 0) is 10.0 Å². The van der Waals surface area contributed by atoms with Gasteiger partial charge in [-0.15, -0.1) is 0 Å². The second-order valence-corrected chi connectivity index (χ2v) is 8.79. The maximum atomic E-state index is 12.9. The predicted molar refractivity (Wildman–Crippen MR) is 96.5 cm³/mol. The molecule has 1 atom stereocenters. The van der Waals surface area contributed by atoms with Gasteiger partial charge in [0.25, 0.3) is 0 Å². The molecule has 0 heterocycles. The van der Waals surface area contributed by atoms with Gasteiger partial charge in [0, 0.05) is 25.3 Å². The molecule has 0 aromatic heterocycles. The van der Waals surface area contributed by atoms with Crippen molar-refractivity contribution in [2.24, 2.45) is 11.8 Å². The number of nitrogens with zero attached hydrogens (tertiary/aromatic N) is 1. The lowest BCUT2D eigenvalue weighted by molar-refractivity contribution is 0.105. The van der Waals surface area contributed by atoms with Gasteiger partial charge in [-0.3, -0.25) is 0 Å². The van der Waals surface area contributed by atoms with Crippen LogP contribution in [0.4, 0.5) is 5.69 Å². The quantitative estimate of drug-likeness (QED) is 0.593. The van der Waals surface area contributed by atoms with Crippen LogP contribution < -0.4 is 5.32 Å². The highest BCUT2D eigenvalue weighted by atomic mass is 32.2. The standard InChI is InChI=1S/C17H30N2O4S/c1-13(2)10-19(11-14(3)4)24(22,23)17-7-5-15(6-8-17)18-9-16(21)12-20/h5-8,13-14,16,18,20-21H,9-12H2,1-4H3. The highest BCUT2D eigenvalue weighted by Crippen LogP contribution is 2.20. The van der Waals surface area contributed by atoms with Gasteiger partial charge in [0.15, 0.2) is 0 Å². The molecule has 0 saturated carbocycles. The van der Waals surface area contributed by atoms with E-state index in [1.807, 2.05) is 27.7 Å². The lowest BCUT2D eigenvalue weighted by atomic mass is 10.2. The molecule has 0 aliphatic rings. The second kappa shape index (κ2) is 9.36. The molecule has 0 fully saturated rings. The molecule has 0 aliphatic heterocycles. The fourth-order valence-corrected chi connectivity index (χ4v) is 4.05. The summed E-state index contributed by atoms with van der Waals surface area (Å²) in [5.41, 5.74) is 0.695. The maximum absolute atomic E-state index is 12.9. The Morgan fingerprint density at radius 2 is 1.54 bits per heavy atom. The average Bonchev–Trinajstić information content (AvgIpc) is 2.51. The van der Waals surface area contributed by atoms with Crippen LogP contribution >= 0.6 is 0 Å². The molecule has 0 saturated heterocycles. The van der Waals surface area contributed by atoms with E-state index in [0.717, 1.165) is 0 Å². The van der Waals surface area contributed by atoms with Crippen molar-refractivity contribution in [1.82, 2.24) is 4.31 Å². The number of anilines is 1. The van der Waals surface area contributed by atoms with Crippen LogP contribution in [0.3, 0.4) is 0 Å². The Labute approximate surface area is 145 Å². The van der Waals surface area contributed by atoms with E-state index in [-0.39, 0.29) is 29.9 Å². The molecule has 1 rings (SSSR count). The fourth-order valence-electron chi connectivity index (χ4n) is 2.28. The van der Waals surface area contributed by atoms with Crippen molar-refractivity contribution in [2.45, 2.75) is 38.7 Å². The summed E-state index contributed by atoms with van der Waals surface area (Å²) in [6, 6.07) is 6.47. The lowest BCUT2D eigenvalue weighted by Crippen LogP contribution is -2.37. The predicted octanol–water partition coefficient (Wildman–Crippen LogP) is 1.75. The summed E-state index contributed by atoms with van der Waals surface area (Å²) in [7, 11) is -3.53. The summed E-state index contributed by atoms with van der Waals surface area (Å²) in [5, 5.41) is 21.1. The molecule has 138 valence electrons. The normalized spacial score (nSPS) is 13.7. The molecule has 0 amide bonds. The van der Waals surface area contributed by atoms with E-state index in [4.69, 9.17) is 5.11 Å². The third-order valence-electron chi connectivity index (χ3n) is 3.38. The Bertz CT molecular complexity index is 575. The minimum Gasteiger partial charge on any atom is -0.394 e. The summed E-state index contributed by atoms with van der Waals surface area (Å²) in [6.45, 7) is 8.87. The monoisotopic (exact) mass is 358 g/mol. The first-order chi connectivity index (χ1) is 11.2. The molecule has 7 heteroatoms. The Hall–Kier alpha value is -1.15. The van der Waals surface area contributed by atoms with Gasteiger partial charge in [0.1, 0.15) is 0 Å². The number of hydrogen-bond acceptors (Lipinski definition) is 5. The van der Waals surface area contributed by atoms with Crippen LogP contribution in [0.25, 0.3) is 0 Å². The molecule has 1 aromatic rings. The van der Waals surface area contributed by atoms with Crippen LogP contribution in [0.5, 0.6) is 0 Å². The van der Waals surface area contributed by atoms with E-state index in [0.29, 0.717) is 18.8 Å². The first-order valence-corrected chi connectivity index (χ1v) is 9.73. The van der Waals surface area contributed by atoms with Crippen molar-refractivity contribution in [3.05, 3.63) is 24.3 Å². The van der Waals surface area contributed by atoms with E-state index in [9.17, 15) is 13.5 Å². The minimum atomic E-state index is -3.53. The summed E-state index contributed by atoms with van der Waals surface area (Å²) in [6.07, 6.45) is -0.846. The highest BCUT2D eigenvalue weighted by Gasteiger charge is 2.25. The molecular formula is C17H30N2O4S. The van der Waals surface area contributed by atoms with E-state index in [1.165, 1.54) is 0 Å². The number of nitrogens with one attached hydrogen (secondary N) is 1. The first kappa shape index (κ1) is 20.9. The van der Waals surface area contributed by atoms with Crippen molar-refractivity contribution >= 4 is 15.7 Å². The number of benzene rings is 1. The van der Waals surface area contributed by atoms with Gasteiger partial charge in [-0.05, 0) is 36.1 Å². The molecule has 24 heavy (non-hydrogen) atoms. The van der Waals surface area contributed by atoms with Crippen LogP contribution in [0, 0.1) is 11.8 Å². The van der Waals surface area contributed by atoms with Gasteiger partial charge in [-0.2, -0.15) is 4.31 Å². The number of sulfonamides is 1. The van der Waals surface area contributed by atoms with Crippen molar-refractivity contribution < 1.29 is 18.6 Å². The number of aliphatic hydroxyl groups excluding tert-OH is 2. The first-order valence-electron chi connectivity index (χ1n) is 8.29. The van der Waals surface area contributed by atoms with Gasteiger partial charge in [-0.25, -0.2) is 8.42 Å². The van der Waals surface area contributed by atoms with Crippen molar-refractivity contribution in [3.8, 4) is 0 Å². The molecule has 0 aliphatic carbocycles. The third-order valence-corrected chi connectivity index (χ3v) is 5.23. The molecule has 6 nitrogen and oxygen atoms in total.